The molecule has 0 unspecified atom stereocenters. The van der Waals surface area contributed by atoms with Crippen LogP contribution in [-0.4, -0.2) is 18.3 Å². The van der Waals surface area contributed by atoms with Crippen molar-refractivity contribution in [2.24, 2.45) is 0 Å². The molecule has 0 radical (unpaired) electrons. The Kier molecular flexibility index (Phi) is 4.81. The van der Waals surface area contributed by atoms with E-state index >= 15 is 0 Å². The van der Waals surface area contributed by atoms with Crippen LogP contribution in [-0.2, 0) is 6.61 Å². The molecule has 0 aliphatic carbocycles. The molecule has 0 aliphatic rings. The minimum atomic E-state index is 0.00847. The first-order chi connectivity index (χ1) is 9.29. The zero-order valence-corrected chi connectivity index (χ0v) is 11.0. The first kappa shape index (κ1) is 13.4. The van der Waals surface area contributed by atoms with Crippen LogP contribution in [0.25, 0.3) is 0 Å². The fourth-order valence-corrected chi connectivity index (χ4v) is 1.72. The first-order valence-corrected chi connectivity index (χ1v) is 6.30. The molecule has 2 aromatic rings. The zero-order chi connectivity index (χ0) is 13.5. The molecule has 1 N–H and O–H groups in total. The van der Waals surface area contributed by atoms with Crippen LogP contribution >= 0.6 is 0 Å². The number of ether oxygens (including phenoxy) is 2. The van der Waals surface area contributed by atoms with Crippen molar-refractivity contribution in [1.82, 2.24) is 0 Å². The van der Waals surface area contributed by atoms with Gasteiger partial charge in [-0.3, -0.25) is 0 Å². The van der Waals surface area contributed by atoms with Gasteiger partial charge in [0.15, 0.2) is 0 Å². The van der Waals surface area contributed by atoms with Gasteiger partial charge in [0.25, 0.3) is 0 Å². The predicted octanol–water partition coefficient (Wildman–Crippen LogP) is 2.95. The second kappa shape index (κ2) is 6.81. The highest BCUT2D eigenvalue weighted by molar-refractivity contribution is 5.40. The molecule has 2 rings (SSSR count). The summed E-state index contributed by atoms with van der Waals surface area (Å²) in [5, 5.41) is 8.78. The minimum Gasteiger partial charge on any atom is -0.491 e. The van der Waals surface area contributed by atoms with Crippen molar-refractivity contribution < 1.29 is 14.6 Å². The zero-order valence-electron chi connectivity index (χ0n) is 11.0. The molecule has 0 fully saturated rings. The summed E-state index contributed by atoms with van der Waals surface area (Å²) in [6.45, 7) is 2.80. The molecule has 19 heavy (non-hydrogen) atoms. The molecule has 0 bridgehead atoms. The number of benzene rings is 2. The number of aliphatic hydroxyl groups is 1. The normalized spacial score (nSPS) is 10.2. The molecule has 3 heteroatoms. The number of rotatable bonds is 6. The minimum absolute atomic E-state index is 0.00847. The van der Waals surface area contributed by atoms with E-state index < -0.39 is 0 Å². The first-order valence-electron chi connectivity index (χ1n) is 6.30. The van der Waals surface area contributed by atoms with Gasteiger partial charge >= 0.3 is 0 Å². The lowest BCUT2D eigenvalue weighted by Crippen LogP contribution is -2.03. The molecule has 0 amide bonds. The Morgan fingerprint density at radius 1 is 1.00 bits per heavy atom. The number of hydrogen-bond donors (Lipinski definition) is 1. The Labute approximate surface area is 113 Å². The summed E-state index contributed by atoms with van der Waals surface area (Å²) in [5.74, 6) is 1.52. The van der Waals surface area contributed by atoms with E-state index in [0.29, 0.717) is 13.2 Å². The number of aryl methyl sites for hydroxylation is 1. The van der Waals surface area contributed by atoms with Crippen LogP contribution < -0.4 is 9.47 Å². The predicted molar refractivity (Wildman–Crippen MR) is 74.5 cm³/mol. The van der Waals surface area contributed by atoms with E-state index in [2.05, 4.69) is 0 Å². The maximum atomic E-state index is 8.78. The third-order valence-electron chi connectivity index (χ3n) is 2.76. The van der Waals surface area contributed by atoms with Gasteiger partial charge in [0.05, 0.1) is 6.61 Å². The molecule has 100 valence electrons. The summed E-state index contributed by atoms with van der Waals surface area (Å²) in [6.07, 6.45) is 0. The molecule has 0 aromatic heterocycles. The Morgan fingerprint density at radius 2 is 1.79 bits per heavy atom. The molecule has 0 spiro atoms. The van der Waals surface area contributed by atoms with Crippen molar-refractivity contribution in [1.29, 1.82) is 0 Å². The molecule has 0 aliphatic heterocycles. The van der Waals surface area contributed by atoms with Gasteiger partial charge in [-0.2, -0.15) is 0 Å². The summed E-state index contributed by atoms with van der Waals surface area (Å²) in [4.78, 5) is 0. The van der Waals surface area contributed by atoms with Crippen LogP contribution in [0.3, 0.4) is 0 Å². The third kappa shape index (κ3) is 4.00. The van der Waals surface area contributed by atoms with Gasteiger partial charge in [-0.25, -0.2) is 0 Å². The fourth-order valence-electron chi connectivity index (χ4n) is 1.72. The molecular formula is C16H18O3. The summed E-state index contributed by atoms with van der Waals surface area (Å²) in [6, 6.07) is 15.7. The summed E-state index contributed by atoms with van der Waals surface area (Å²) < 4.78 is 11.2. The highest BCUT2D eigenvalue weighted by Gasteiger charge is 2.03. The van der Waals surface area contributed by atoms with Gasteiger partial charge in [0, 0.05) is 6.07 Å². The van der Waals surface area contributed by atoms with Gasteiger partial charge in [-0.1, -0.05) is 36.4 Å². The van der Waals surface area contributed by atoms with Gasteiger partial charge < -0.3 is 14.6 Å². The molecule has 3 nitrogen and oxygen atoms in total. The van der Waals surface area contributed by atoms with E-state index in [0.717, 1.165) is 22.6 Å². The highest BCUT2D eigenvalue weighted by atomic mass is 16.5. The van der Waals surface area contributed by atoms with E-state index in [9.17, 15) is 0 Å². The Balaban J connectivity index is 2.00. The van der Waals surface area contributed by atoms with Crippen molar-refractivity contribution in [3.63, 3.8) is 0 Å². The van der Waals surface area contributed by atoms with E-state index in [-0.39, 0.29) is 6.61 Å². The molecule has 0 heterocycles. The lowest BCUT2D eigenvalue weighted by Gasteiger charge is -2.11. The largest absolute Gasteiger partial charge is 0.491 e. The van der Waals surface area contributed by atoms with Gasteiger partial charge in [-0.05, 0) is 24.1 Å². The van der Waals surface area contributed by atoms with E-state index in [1.807, 2.05) is 55.5 Å². The van der Waals surface area contributed by atoms with Crippen molar-refractivity contribution >= 4 is 0 Å². The topological polar surface area (TPSA) is 38.7 Å². The Bertz CT molecular complexity index is 509. The van der Waals surface area contributed by atoms with Crippen molar-refractivity contribution in [2.75, 3.05) is 13.2 Å². The van der Waals surface area contributed by atoms with Crippen molar-refractivity contribution in [3.8, 4) is 11.5 Å². The van der Waals surface area contributed by atoms with E-state index in [1.54, 1.807) is 0 Å². The SMILES string of the molecule is Cc1ccc(OCc2ccccc2)cc1OCCO. The van der Waals surface area contributed by atoms with E-state index in [1.165, 1.54) is 0 Å². The molecule has 0 atom stereocenters. The Morgan fingerprint density at radius 3 is 2.53 bits per heavy atom. The smallest absolute Gasteiger partial charge is 0.126 e. The summed E-state index contributed by atoms with van der Waals surface area (Å²) in [5.41, 5.74) is 2.15. The molecular weight excluding hydrogens is 240 g/mol. The monoisotopic (exact) mass is 258 g/mol. The van der Waals surface area contributed by atoms with Crippen LogP contribution in [0.4, 0.5) is 0 Å². The highest BCUT2D eigenvalue weighted by Crippen LogP contribution is 2.24. The van der Waals surface area contributed by atoms with Gasteiger partial charge in [0.1, 0.15) is 24.7 Å². The van der Waals surface area contributed by atoms with Crippen molar-refractivity contribution in [2.45, 2.75) is 13.5 Å². The molecule has 0 saturated heterocycles. The van der Waals surface area contributed by atoms with Crippen LogP contribution in [0.15, 0.2) is 48.5 Å². The van der Waals surface area contributed by atoms with Crippen LogP contribution in [0.1, 0.15) is 11.1 Å². The van der Waals surface area contributed by atoms with Crippen LogP contribution in [0.5, 0.6) is 11.5 Å². The summed E-state index contributed by atoms with van der Waals surface area (Å²) in [7, 11) is 0. The molecule has 2 aromatic carbocycles. The maximum Gasteiger partial charge on any atom is 0.126 e. The van der Waals surface area contributed by atoms with Gasteiger partial charge in [0.2, 0.25) is 0 Å². The number of aliphatic hydroxyl groups excluding tert-OH is 1. The summed E-state index contributed by atoms with van der Waals surface area (Å²) >= 11 is 0. The van der Waals surface area contributed by atoms with Crippen LogP contribution in [0, 0.1) is 6.92 Å². The fraction of sp³-hybridized carbons (Fsp3) is 0.250. The van der Waals surface area contributed by atoms with Gasteiger partial charge in [-0.15, -0.1) is 0 Å². The lowest BCUT2D eigenvalue weighted by molar-refractivity contribution is 0.199. The standard InChI is InChI=1S/C16H18O3/c1-13-7-8-15(11-16(13)18-10-9-17)19-12-14-5-3-2-4-6-14/h2-8,11,17H,9-10,12H2,1H3. The van der Waals surface area contributed by atoms with E-state index in [4.69, 9.17) is 14.6 Å². The maximum absolute atomic E-state index is 8.78. The second-order valence-corrected chi connectivity index (χ2v) is 4.27. The molecule has 0 saturated carbocycles. The third-order valence-corrected chi connectivity index (χ3v) is 2.76. The van der Waals surface area contributed by atoms with Crippen molar-refractivity contribution in [3.05, 3.63) is 59.7 Å². The lowest BCUT2D eigenvalue weighted by atomic mass is 10.2. The average molecular weight is 258 g/mol. The number of hydrogen-bond acceptors (Lipinski definition) is 3. The Hall–Kier alpha value is -2.00. The average Bonchev–Trinajstić information content (AvgIpc) is 2.46. The quantitative estimate of drug-likeness (QED) is 0.865. The van der Waals surface area contributed by atoms with Crippen LogP contribution in [0.2, 0.25) is 0 Å². The second-order valence-electron chi connectivity index (χ2n) is 4.27.